The van der Waals surface area contributed by atoms with Gasteiger partial charge in [0.25, 0.3) is 0 Å². The van der Waals surface area contributed by atoms with Crippen molar-refractivity contribution in [3.63, 3.8) is 0 Å². The van der Waals surface area contributed by atoms with E-state index in [0.717, 1.165) is 33.1 Å². The number of nitrogens with zero attached hydrogens (tertiary/aromatic N) is 3. The Hall–Kier alpha value is -4.33. The van der Waals surface area contributed by atoms with E-state index in [9.17, 15) is 14.4 Å². The molecule has 2 heterocycles. The fraction of sp³-hybridized carbons (Fsp3) is 0.475. The monoisotopic (exact) mass is 762 g/mol. The molecule has 4 amide bonds. The van der Waals surface area contributed by atoms with Crippen molar-refractivity contribution in [3.8, 4) is 0 Å². The van der Waals surface area contributed by atoms with Crippen molar-refractivity contribution >= 4 is 40.7 Å². The number of aryl methyl sites for hydroxylation is 1. The maximum atomic E-state index is 14.0. The van der Waals surface area contributed by atoms with Gasteiger partial charge < -0.3 is 30.3 Å². The van der Waals surface area contributed by atoms with Gasteiger partial charge in [-0.3, -0.25) is 9.78 Å². The summed E-state index contributed by atoms with van der Waals surface area (Å²) < 4.78 is 11.4. The van der Waals surface area contributed by atoms with Gasteiger partial charge in [-0.25, -0.2) is 14.6 Å². The molecule has 13 heteroatoms. The summed E-state index contributed by atoms with van der Waals surface area (Å²) in [7, 11) is 1.69. The lowest BCUT2D eigenvalue weighted by Crippen LogP contribution is -2.54. The van der Waals surface area contributed by atoms with Crippen LogP contribution < -0.4 is 16.0 Å². The quantitative estimate of drug-likeness (QED) is 0.0809. The van der Waals surface area contributed by atoms with Crippen molar-refractivity contribution in [2.45, 2.75) is 97.0 Å². The summed E-state index contributed by atoms with van der Waals surface area (Å²) in [6.45, 7) is 9.21. The first-order valence-corrected chi connectivity index (χ1v) is 20.0. The van der Waals surface area contributed by atoms with Crippen LogP contribution >= 0.6 is 22.7 Å². The molecule has 0 bridgehead atoms. The summed E-state index contributed by atoms with van der Waals surface area (Å²) in [4.78, 5) is 51.5. The Morgan fingerprint density at radius 1 is 0.830 bits per heavy atom. The Morgan fingerprint density at radius 2 is 1.53 bits per heavy atom. The molecule has 0 saturated heterocycles. The lowest BCUT2D eigenvalue weighted by Gasteiger charge is -2.27. The van der Waals surface area contributed by atoms with Gasteiger partial charge in [-0.15, -0.1) is 22.7 Å². The molecule has 0 unspecified atom stereocenters. The van der Waals surface area contributed by atoms with Crippen molar-refractivity contribution in [1.29, 1.82) is 0 Å². The number of hydrogen-bond donors (Lipinski definition) is 3. The highest BCUT2D eigenvalue weighted by Crippen LogP contribution is 2.20. The highest BCUT2D eigenvalue weighted by atomic mass is 32.1. The zero-order chi connectivity index (χ0) is 38.0. The van der Waals surface area contributed by atoms with Gasteiger partial charge in [0, 0.05) is 43.2 Å². The first kappa shape index (κ1) is 41.4. The molecule has 0 spiro atoms. The van der Waals surface area contributed by atoms with Crippen LogP contribution in [0.5, 0.6) is 0 Å². The smallest absolute Gasteiger partial charge is 0.407 e. The number of nitrogens with one attached hydrogen (secondary N) is 3. The number of carbonyl (C=O) groups excluding carboxylic acids is 3. The lowest BCUT2D eigenvalue weighted by molar-refractivity contribution is -0.125. The number of rotatable bonds is 21. The molecular formula is C40H54N6O5S2. The number of ether oxygens (including phenoxy) is 2. The second kappa shape index (κ2) is 22.0. The molecule has 0 aliphatic heterocycles. The van der Waals surface area contributed by atoms with E-state index in [1.165, 1.54) is 16.2 Å². The minimum Gasteiger partial charge on any atom is -0.444 e. The van der Waals surface area contributed by atoms with E-state index in [1.807, 2.05) is 67.8 Å². The molecule has 2 aromatic heterocycles. The van der Waals surface area contributed by atoms with E-state index >= 15 is 0 Å². The van der Waals surface area contributed by atoms with E-state index in [1.54, 1.807) is 30.1 Å². The predicted octanol–water partition coefficient (Wildman–Crippen LogP) is 7.34. The molecule has 3 N–H and O–H groups in total. The molecule has 11 nitrogen and oxygen atoms in total. The topological polar surface area (TPSA) is 135 Å². The zero-order valence-electron chi connectivity index (χ0n) is 31.5. The molecule has 3 atom stereocenters. The number of hydrogen-bond acceptors (Lipinski definition) is 9. The molecule has 4 rings (SSSR count). The van der Waals surface area contributed by atoms with E-state index in [2.05, 4.69) is 51.9 Å². The molecule has 0 aliphatic rings. The molecule has 4 aromatic rings. The SMILES string of the molecule is CC(C)COC[C@H](NC(=O)N(C)Cc1csc(C(C)C)n1)C(=O)N[C@H](CCc1ccccc1)CC[C@@H](Cc1ccccc1)NC(=O)OCc1cncs1. The summed E-state index contributed by atoms with van der Waals surface area (Å²) in [5, 5.41) is 12.2. The van der Waals surface area contributed by atoms with Gasteiger partial charge >= 0.3 is 12.1 Å². The average molecular weight is 763 g/mol. The summed E-state index contributed by atoms with van der Waals surface area (Å²) in [6.07, 6.45) is 4.36. The maximum Gasteiger partial charge on any atom is 0.407 e. The van der Waals surface area contributed by atoms with Crippen molar-refractivity contribution in [2.24, 2.45) is 5.92 Å². The van der Waals surface area contributed by atoms with Crippen molar-refractivity contribution in [1.82, 2.24) is 30.8 Å². The van der Waals surface area contributed by atoms with Crippen molar-refractivity contribution < 1.29 is 23.9 Å². The molecular weight excluding hydrogens is 709 g/mol. The van der Waals surface area contributed by atoms with Gasteiger partial charge in [0.05, 0.1) is 34.2 Å². The Balaban J connectivity index is 1.46. The molecule has 0 fully saturated rings. The first-order chi connectivity index (χ1) is 25.5. The number of urea groups is 1. The van der Waals surface area contributed by atoms with Crippen LogP contribution in [0.15, 0.2) is 77.8 Å². The van der Waals surface area contributed by atoms with Gasteiger partial charge in [0.15, 0.2) is 0 Å². The fourth-order valence-electron chi connectivity index (χ4n) is 5.60. The molecule has 286 valence electrons. The number of carbonyl (C=O) groups is 3. The Kier molecular flexibility index (Phi) is 17.2. The normalized spacial score (nSPS) is 13.0. The van der Waals surface area contributed by atoms with Crippen LogP contribution in [0.4, 0.5) is 9.59 Å². The summed E-state index contributed by atoms with van der Waals surface area (Å²) in [6, 6.07) is 18.3. The molecule has 2 aromatic carbocycles. The second-order valence-corrected chi connectivity index (χ2v) is 15.9. The number of benzene rings is 2. The standard InChI is InChI=1S/C40H54N6O5S2/c1-28(2)23-50-25-36(45-39(48)46(5)22-34-26-52-38(43-34)29(3)4)37(47)42-32(17-16-30-12-8-6-9-13-30)18-19-33(20-31-14-10-7-11-15-31)44-40(49)51-24-35-21-41-27-53-35/h6-15,21,26-29,32-33,36H,16-20,22-25H2,1-5H3,(H,42,47)(H,44,49)(H,45,48)/t32-,33+,36+/m1/s1. The summed E-state index contributed by atoms with van der Waals surface area (Å²) in [5.74, 6) is 0.250. The van der Waals surface area contributed by atoms with Gasteiger partial charge in [-0.1, -0.05) is 88.4 Å². The fourth-order valence-corrected chi connectivity index (χ4v) is 6.93. The average Bonchev–Trinajstić information content (AvgIpc) is 3.85. The molecule has 0 radical (unpaired) electrons. The Bertz CT molecular complexity index is 1650. The number of thiazole rings is 2. The van der Waals surface area contributed by atoms with E-state index in [4.69, 9.17) is 9.47 Å². The van der Waals surface area contributed by atoms with Crippen LogP contribution in [0.3, 0.4) is 0 Å². The van der Waals surface area contributed by atoms with Crippen molar-refractivity contribution in [2.75, 3.05) is 20.3 Å². The number of aromatic nitrogens is 2. The van der Waals surface area contributed by atoms with Gasteiger partial charge in [0.2, 0.25) is 5.91 Å². The summed E-state index contributed by atoms with van der Waals surface area (Å²) in [5.41, 5.74) is 4.75. The third kappa shape index (κ3) is 15.3. The van der Waals surface area contributed by atoms with Crippen LogP contribution in [0.25, 0.3) is 0 Å². The third-order valence-corrected chi connectivity index (χ3v) is 10.4. The van der Waals surface area contributed by atoms with E-state index in [-0.39, 0.29) is 43.2 Å². The molecule has 0 saturated carbocycles. The van der Waals surface area contributed by atoms with Gasteiger partial charge in [-0.05, 0) is 49.1 Å². The largest absolute Gasteiger partial charge is 0.444 e. The number of amides is 4. The minimum atomic E-state index is -0.912. The molecule has 53 heavy (non-hydrogen) atoms. The number of alkyl carbamates (subject to hydrolysis) is 1. The lowest BCUT2D eigenvalue weighted by atomic mass is 9.96. The highest BCUT2D eigenvalue weighted by molar-refractivity contribution is 7.09. The Morgan fingerprint density at radius 3 is 2.17 bits per heavy atom. The predicted molar refractivity (Wildman–Crippen MR) is 211 cm³/mol. The van der Waals surface area contributed by atoms with Crippen LogP contribution in [0.1, 0.15) is 79.6 Å². The van der Waals surface area contributed by atoms with Crippen molar-refractivity contribution in [3.05, 3.63) is 104 Å². The van der Waals surface area contributed by atoms with E-state index in [0.29, 0.717) is 44.8 Å². The van der Waals surface area contributed by atoms with Crippen LogP contribution in [0, 0.1) is 5.92 Å². The van der Waals surface area contributed by atoms with Crippen LogP contribution in [-0.2, 0) is 40.3 Å². The van der Waals surface area contributed by atoms with Gasteiger partial charge in [0.1, 0.15) is 12.6 Å². The molecule has 0 aliphatic carbocycles. The van der Waals surface area contributed by atoms with Crippen LogP contribution in [-0.4, -0.2) is 71.3 Å². The van der Waals surface area contributed by atoms with E-state index < -0.39 is 12.1 Å². The van der Waals surface area contributed by atoms with Gasteiger partial charge in [-0.2, -0.15) is 0 Å². The third-order valence-electron chi connectivity index (χ3n) is 8.47. The maximum absolute atomic E-state index is 14.0. The zero-order valence-corrected chi connectivity index (χ0v) is 33.1. The van der Waals surface area contributed by atoms with Crippen LogP contribution in [0.2, 0.25) is 0 Å². The Labute approximate surface area is 321 Å². The highest BCUT2D eigenvalue weighted by Gasteiger charge is 2.27. The first-order valence-electron chi connectivity index (χ1n) is 18.3. The summed E-state index contributed by atoms with van der Waals surface area (Å²) >= 11 is 3.01. The second-order valence-electron chi connectivity index (χ2n) is 14.0. The minimum absolute atomic E-state index is 0.0347.